The molecule has 0 aliphatic heterocycles. The van der Waals surface area contributed by atoms with Crippen LogP contribution in [0.4, 0.5) is 0 Å². The molecule has 0 bridgehead atoms. The van der Waals surface area contributed by atoms with Gasteiger partial charge in [0.2, 0.25) is 0 Å². The maximum absolute atomic E-state index is 2.68. The summed E-state index contributed by atoms with van der Waals surface area (Å²) in [4.78, 5) is 2.68. The van der Waals surface area contributed by atoms with Crippen LogP contribution >= 0.6 is 0 Å². The van der Waals surface area contributed by atoms with Crippen molar-refractivity contribution < 1.29 is 0 Å². The quantitative estimate of drug-likeness (QED) is 0.575. The summed E-state index contributed by atoms with van der Waals surface area (Å²) >= 11 is -0.0247. The van der Waals surface area contributed by atoms with E-state index in [1.54, 1.807) is 0 Å². The van der Waals surface area contributed by atoms with Gasteiger partial charge in [0.15, 0.2) is 0 Å². The molecule has 0 nitrogen and oxygen atoms in total. The molecule has 14 heavy (non-hydrogen) atoms. The number of hydrogen-bond acceptors (Lipinski definition) is 0. The van der Waals surface area contributed by atoms with E-state index in [4.69, 9.17) is 0 Å². The normalized spacial score (nSPS) is 16.0. The molecule has 0 rings (SSSR count). The van der Waals surface area contributed by atoms with Gasteiger partial charge in [-0.1, -0.05) is 0 Å². The van der Waals surface area contributed by atoms with E-state index in [1.807, 2.05) is 0 Å². The molecule has 0 saturated carbocycles. The van der Waals surface area contributed by atoms with E-state index in [9.17, 15) is 0 Å². The van der Waals surface area contributed by atoms with Crippen LogP contribution in [-0.4, -0.2) is 19.8 Å². The molecular weight excluding hydrogens is 229 g/mol. The van der Waals surface area contributed by atoms with Crippen molar-refractivity contribution in [1.29, 1.82) is 0 Å². The van der Waals surface area contributed by atoms with Gasteiger partial charge in [0, 0.05) is 0 Å². The molecule has 0 spiro atoms. The van der Waals surface area contributed by atoms with Gasteiger partial charge in [0.1, 0.15) is 0 Å². The van der Waals surface area contributed by atoms with Gasteiger partial charge >= 0.3 is 96.7 Å². The van der Waals surface area contributed by atoms with E-state index in [0.717, 1.165) is 10.7 Å². The molecule has 0 saturated heterocycles. The fourth-order valence-corrected chi connectivity index (χ4v) is 5.15. The van der Waals surface area contributed by atoms with E-state index in [-0.39, 0.29) is 15.0 Å². The van der Waals surface area contributed by atoms with Crippen molar-refractivity contribution in [1.82, 2.24) is 0 Å². The van der Waals surface area contributed by atoms with E-state index < -0.39 is 0 Å². The Bertz CT molecular complexity index is 140. The van der Waals surface area contributed by atoms with E-state index in [0.29, 0.717) is 0 Å². The Balaban J connectivity index is 3.68. The molecule has 0 amide bonds. The fourth-order valence-electron chi connectivity index (χ4n) is 1.57. The Morgan fingerprint density at radius 2 is 1.86 bits per heavy atom. The first-order valence-electron chi connectivity index (χ1n) is 6.41. The Morgan fingerprint density at radius 1 is 1.14 bits per heavy atom. The molecule has 0 fully saturated rings. The van der Waals surface area contributed by atoms with Crippen molar-refractivity contribution in [2.24, 2.45) is 5.92 Å². The van der Waals surface area contributed by atoms with Gasteiger partial charge < -0.3 is 0 Å². The summed E-state index contributed by atoms with van der Waals surface area (Å²) in [6.45, 7) is 9.35. The zero-order chi connectivity index (χ0) is 10.8. The summed E-state index contributed by atoms with van der Waals surface area (Å²) in [6, 6.07) is 0. The van der Waals surface area contributed by atoms with Crippen molar-refractivity contribution in [3.8, 4) is 0 Å². The minimum atomic E-state index is -0.0247. The van der Waals surface area contributed by atoms with Gasteiger partial charge in [-0.3, -0.25) is 0 Å². The van der Waals surface area contributed by atoms with Gasteiger partial charge in [-0.25, -0.2) is 0 Å². The number of unbranched alkanes of at least 4 members (excludes halogenated alkanes) is 1. The second-order valence-electron chi connectivity index (χ2n) is 4.49. The Labute approximate surface area is 96.9 Å². The van der Waals surface area contributed by atoms with Gasteiger partial charge in [-0.15, -0.1) is 0 Å². The third-order valence-electron chi connectivity index (χ3n) is 3.10. The molecule has 0 aromatic rings. The third-order valence-corrected chi connectivity index (χ3v) is 7.07. The van der Waals surface area contributed by atoms with E-state index in [1.165, 1.54) is 38.5 Å². The monoisotopic (exact) mass is 258 g/mol. The van der Waals surface area contributed by atoms with Crippen LogP contribution in [0, 0.1) is 5.92 Å². The summed E-state index contributed by atoms with van der Waals surface area (Å²) in [5.41, 5.74) is 0. The standard InChI is InChI=1S/C13H28Ge/c1-5-8-9-13(7-3)14-11-10-12(4)6-2/h11-14H,5-10H2,1-4H3. The van der Waals surface area contributed by atoms with Crippen LogP contribution < -0.4 is 0 Å². The Hall–Kier alpha value is 0.413. The van der Waals surface area contributed by atoms with Crippen molar-refractivity contribution >= 4 is 19.8 Å². The molecule has 1 heteroatoms. The van der Waals surface area contributed by atoms with Crippen molar-refractivity contribution in [3.05, 3.63) is 0 Å². The van der Waals surface area contributed by atoms with Gasteiger partial charge in [-0.2, -0.15) is 0 Å². The molecule has 0 aromatic carbocycles. The van der Waals surface area contributed by atoms with Crippen LogP contribution in [0.1, 0.15) is 66.2 Å². The molecule has 2 unspecified atom stereocenters. The topological polar surface area (TPSA) is 0 Å². The van der Waals surface area contributed by atoms with Crippen LogP contribution in [0.5, 0.6) is 0 Å². The summed E-state index contributed by atoms with van der Waals surface area (Å²) in [5, 5.41) is 0. The molecule has 0 aliphatic carbocycles. The average molecular weight is 257 g/mol. The molecule has 0 radical (unpaired) electrons. The summed E-state index contributed by atoms with van der Waals surface area (Å²) in [6.07, 6.45) is 8.49. The van der Waals surface area contributed by atoms with Crippen molar-refractivity contribution in [2.45, 2.75) is 71.0 Å². The molecule has 0 aliphatic rings. The van der Waals surface area contributed by atoms with Crippen molar-refractivity contribution in [2.75, 3.05) is 0 Å². The Morgan fingerprint density at radius 3 is 2.36 bits per heavy atom. The van der Waals surface area contributed by atoms with Crippen LogP contribution in [0.2, 0.25) is 4.75 Å². The predicted octanol–water partition coefficient (Wildman–Crippen LogP) is 4.05. The SMILES string of the molecule is CCCC[CH](CC)[GeH]=[CH]CC(C)CC. The summed E-state index contributed by atoms with van der Waals surface area (Å²) < 4.78 is 1.11. The van der Waals surface area contributed by atoms with E-state index in [2.05, 4.69) is 32.5 Å². The first-order valence-corrected chi connectivity index (χ1v) is 9.20. The maximum atomic E-state index is 2.68. The third kappa shape index (κ3) is 7.78. The zero-order valence-electron chi connectivity index (χ0n) is 10.6. The average Bonchev–Trinajstić information content (AvgIpc) is 2.22. The molecule has 0 N–H and O–H groups in total. The van der Waals surface area contributed by atoms with Gasteiger partial charge in [0.05, 0.1) is 0 Å². The number of rotatable bonds is 8. The van der Waals surface area contributed by atoms with Crippen LogP contribution in [0.3, 0.4) is 0 Å². The second kappa shape index (κ2) is 9.95. The molecular formula is C13H28Ge. The van der Waals surface area contributed by atoms with E-state index >= 15 is 0 Å². The molecule has 2 atom stereocenters. The van der Waals surface area contributed by atoms with Gasteiger partial charge in [-0.05, 0) is 0 Å². The van der Waals surface area contributed by atoms with Crippen LogP contribution in [0.25, 0.3) is 0 Å². The van der Waals surface area contributed by atoms with Crippen LogP contribution in [-0.2, 0) is 0 Å². The summed E-state index contributed by atoms with van der Waals surface area (Å²) in [5.74, 6) is 0.927. The Kier molecular flexibility index (Phi) is 10.2. The number of hydrogen-bond donors (Lipinski definition) is 0. The minimum absolute atomic E-state index is 0.0247. The van der Waals surface area contributed by atoms with Crippen molar-refractivity contribution in [3.63, 3.8) is 0 Å². The van der Waals surface area contributed by atoms with Gasteiger partial charge in [0.25, 0.3) is 0 Å². The molecule has 84 valence electrons. The van der Waals surface area contributed by atoms with Crippen LogP contribution in [0.15, 0.2) is 0 Å². The first-order chi connectivity index (χ1) is 6.74. The first kappa shape index (κ1) is 14.4. The zero-order valence-corrected chi connectivity index (χ0v) is 13.0. The summed E-state index contributed by atoms with van der Waals surface area (Å²) in [7, 11) is 0. The fraction of sp³-hybridized carbons (Fsp3) is 0.923. The predicted molar refractivity (Wildman–Crippen MR) is 70.9 cm³/mol. The molecule has 0 aromatic heterocycles. The molecule has 0 heterocycles. The second-order valence-corrected chi connectivity index (χ2v) is 8.26.